The smallest absolute Gasteiger partial charge is 0.194 e. The van der Waals surface area contributed by atoms with E-state index in [1.54, 1.807) is 36.4 Å². The van der Waals surface area contributed by atoms with E-state index in [0.29, 0.717) is 18.8 Å². The molecule has 0 nitrogen and oxygen atoms in total. The van der Waals surface area contributed by atoms with Crippen LogP contribution in [0.25, 0.3) is 40.3 Å². The van der Waals surface area contributed by atoms with Gasteiger partial charge in [-0.15, -0.1) is 22.7 Å². The van der Waals surface area contributed by atoms with Crippen molar-refractivity contribution in [3.05, 3.63) is 59.7 Å². The molecule has 0 bridgehead atoms. The molecule has 3 aromatic carbocycles. The quantitative estimate of drug-likeness (QED) is 0.214. The molecule has 0 N–H and O–H groups in total. The fraction of sp³-hybridized carbons (Fsp3) is 0.143. The highest BCUT2D eigenvalue weighted by atomic mass is 32.1. The standard InChI is InChI=1S/C21H8F6S2/c22-19(23)15-13-9-5-1-3-7-11(9)28-17(13)18-14(10-6-2-4-8-12(10)29-18)16(15)20(24,25)21(19,26)27/h1-8H. The summed E-state index contributed by atoms with van der Waals surface area (Å²) in [6.45, 7) is 0. The minimum Gasteiger partial charge on any atom is -0.194 e. The van der Waals surface area contributed by atoms with Crippen molar-refractivity contribution < 1.29 is 26.3 Å². The normalized spacial score (nSPS) is 19.5. The summed E-state index contributed by atoms with van der Waals surface area (Å²) >= 11 is 2.32. The molecule has 1 aliphatic carbocycles. The van der Waals surface area contributed by atoms with Crippen molar-refractivity contribution in [2.24, 2.45) is 0 Å². The molecule has 8 heteroatoms. The van der Waals surface area contributed by atoms with Crippen LogP contribution in [0.5, 0.6) is 0 Å². The molecule has 29 heavy (non-hydrogen) atoms. The Morgan fingerprint density at radius 3 is 1.34 bits per heavy atom. The molecule has 146 valence electrons. The summed E-state index contributed by atoms with van der Waals surface area (Å²) < 4.78 is 90.6. The SMILES string of the molecule is FC1(F)c2c(c3c4ccccc4sc3c3sc4ccccc4c23)C(F)(F)C1(F)F. The largest absolute Gasteiger partial charge is 0.380 e. The van der Waals surface area contributed by atoms with E-state index in [-0.39, 0.29) is 21.5 Å². The molecule has 0 saturated heterocycles. The van der Waals surface area contributed by atoms with Crippen LogP contribution >= 0.6 is 22.7 Å². The molecule has 0 atom stereocenters. The number of hydrogen-bond acceptors (Lipinski definition) is 2. The van der Waals surface area contributed by atoms with Crippen LogP contribution in [0.3, 0.4) is 0 Å². The van der Waals surface area contributed by atoms with Crippen LogP contribution in [0.15, 0.2) is 48.5 Å². The molecule has 0 amide bonds. The van der Waals surface area contributed by atoms with Gasteiger partial charge in [0.25, 0.3) is 0 Å². The summed E-state index contributed by atoms with van der Waals surface area (Å²) in [6.07, 6.45) is 0. The van der Waals surface area contributed by atoms with Gasteiger partial charge in [0.15, 0.2) is 0 Å². The molecule has 1 aliphatic rings. The third-order valence-corrected chi connectivity index (χ3v) is 8.07. The first-order valence-corrected chi connectivity index (χ1v) is 10.2. The van der Waals surface area contributed by atoms with Gasteiger partial charge in [0, 0.05) is 42.1 Å². The lowest BCUT2D eigenvalue weighted by molar-refractivity contribution is -0.301. The summed E-state index contributed by atoms with van der Waals surface area (Å²) in [5, 5.41) is 0.190. The van der Waals surface area contributed by atoms with E-state index in [1.807, 2.05) is 0 Å². The fourth-order valence-electron chi connectivity index (χ4n) is 4.30. The lowest BCUT2D eigenvalue weighted by Gasteiger charge is -2.23. The van der Waals surface area contributed by atoms with Crippen molar-refractivity contribution in [1.82, 2.24) is 0 Å². The first-order valence-electron chi connectivity index (χ1n) is 8.61. The van der Waals surface area contributed by atoms with Gasteiger partial charge in [-0.3, -0.25) is 0 Å². The van der Waals surface area contributed by atoms with Gasteiger partial charge in [-0.25, -0.2) is 0 Å². The Labute approximate surface area is 167 Å². The molecule has 0 fully saturated rings. The van der Waals surface area contributed by atoms with Crippen LogP contribution in [0.2, 0.25) is 0 Å². The average molecular weight is 438 g/mol. The second-order valence-electron chi connectivity index (χ2n) is 7.08. The van der Waals surface area contributed by atoms with Gasteiger partial charge < -0.3 is 0 Å². The molecule has 0 spiro atoms. The molecule has 6 rings (SSSR count). The third kappa shape index (κ3) is 1.79. The molecule has 0 unspecified atom stereocenters. The molecule has 2 aromatic heterocycles. The Bertz CT molecular complexity index is 1380. The van der Waals surface area contributed by atoms with E-state index in [2.05, 4.69) is 0 Å². The first kappa shape index (κ1) is 17.5. The highest BCUT2D eigenvalue weighted by molar-refractivity contribution is 7.33. The highest BCUT2D eigenvalue weighted by Crippen LogP contribution is 2.67. The minimum absolute atomic E-state index is 0.193. The van der Waals surface area contributed by atoms with Crippen molar-refractivity contribution in [2.75, 3.05) is 0 Å². The van der Waals surface area contributed by atoms with Crippen LogP contribution in [0.1, 0.15) is 11.1 Å². The van der Waals surface area contributed by atoms with E-state index in [9.17, 15) is 26.3 Å². The number of thiophene rings is 2. The Morgan fingerprint density at radius 2 is 0.931 bits per heavy atom. The molecular formula is C21H8F6S2. The number of alkyl halides is 6. The monoisotopic (exact) mass is 438 g/mol. The Kier molecular flexibility index (Phi) is 3.05. The van der Waals surface area contributed by atoms with E-state index < -0.39 is 28.9 Å². The van der Waals surface area contributed by atoms with E-state index in [0.717, 1.165) is 22.7 Å². The van der Waals surface area contributed by atoms with Crippen LogP contribution in [-0.4, -0.2) is 5.92 Å². The maximum Gasteiger partial charge on any atom is 0.380 e. The summed E-state index contributed by atoms with van der Waals surface area (Å²) in [7, 11) is 0. The number of hydrogen-bond donors (Lipinski definition) is 0. The van der Waals surface area contributed by atoms with Gasteiger partial charge in [-0.2, -0.15) is 26.3 Å². The second kappa shape index (κ2) is 5.05. The van der Waals surface area contributed by atoms with Crippen molar-refractivity contribution in [3.8, 4) is 0 Å². The highest BCUT2D eigenvalue weighted by Gasteiger charge is 2.80. The van der Waals surface area contributed by atoms with Crippen molar-refractivity contribution in [2.45, 2.75) is 17.8 Å². The van der Waals surface area contributed by atoms with Gasteiger partial charge >= 0.3 is 17.8 Å². The Hall–Kier alpha value is -2.32. The zero-order valence-corrected chi connectivity index (χ0v) is 15.8. The van der Waals surface area contributed by atoms with E-state index >= 15 is 0 Å². The number of halogens is 6. The predicted octanol–water partition coefficient (Wildman–Crippen LogP) is 8.25. The Morgan fingerprint density at radius 1 is 0.552 bits per heavy atom. The van der Waals surface area contributed by atoms with Crippen molar-refractivity contribution in [3.63, 3.8) is 0 Å². The van der Waals surface area contributed by atoms with Crippen LogP contribution in [-0.2, 0) is 11.8 Å². The van der Waals surface area contributed by atoms with Gasteiger partial charge in [-0.05, 0) is 12.1 Å². The molecule has 0 saturated carbocycles. The topological polar surface area (TPSA) is 0 Å². The zero-order valence-electron chi connectivity index (χ0n) is 14.2. The molecule has 0 radical (unpaired) electrons. The summed E-state index contributed by atoms with van der Waals surface area (Å²) in [5.74, 6) is -15.5. The Balaban J connectivity index is 2.03. The summed E-state index contributed by atoms with van der Waals surface area (Å²) in [4.78, 5) is 0. The van der Waals surface area contributed by atoms with Gasteiger partial charge in [0.2, 0.25) is 0 Å². The second-order valence-corrected chi connectivity index (χ2v) is 9.18. The first-order chi connectivity index (χ1) is 13.7. The molecule has 2 heterocycles. The minimum atomic E-state index is -5.52. The van der Waals surface area contributed by atoms with E-state index in [1.165, 1.54) is 12.1 Å². The lowest BCUT2D eigenvalue weighted by atomic mass is 9.96. The van der Waals surface area contributed by atoms with Crippen molar-refractivity contribution in [1.29, 1.82) is 0 Å². The van der Waals surface area contributed by atoms with Crippen molar-refractivity contribution >= 4 is 63.0 Å². The predicted molar refractivity (Wildman–Crippen MR) is 105 cm³/mol. The zero-order chi connectivity index (χ0) is 20.3. The number of fused-ring (bicyclic) bond motifs is 10. The number of rotatable bonds is 0. The molecular weight excluding hydrogens is 430 g/mol. The summed E-state index contributed by atoms with van der Waals surface area (Å²) in [6, 6.07) is 12.9. The van der Waals surface area contributed by atoms with Gasteiger partial charge in [0.1, 0.15) is 0 Å². The van der Waals surface area contributed by atoms with E-state index in [4.69, 9.17) is 0 Å². The van der Waals surface area contributed by atoms with Gasteiger partial charge in [0.05, 0.1) is 9.40 Å². The van der Waals surface area contributed by atoms with Gasteiger partial charge in [-0.1, -0.05) is 36.4 Å². The molecule has 5 aromatic rings. The maximum atomic E-state index is 15.0. The average Bonchev–Trinajstić information content (AvgIpc) is 3.27. The third-order valence-electron chi connectivity index (χ3n) is 5.56. The van der Waals surface area contributed by atoms with Crippen LogP contribution in [0.4, 0.5) is 26.3 Å². The molecule has 0 aliphatic heterocycles. The summed E-state index contributed by atoms with van der Waals surface area (Å²) in [5.41, 5.74) is -2.48. The van der Waals surface area contributed by atoms with Crippen LogP contribution < -0.4 is 0 Å². The number of benzene rings is 3. The fourth-order valence-corrected chi connectivity index (χ4v) is 6.86. The lowest BCUT2D eigenvalue weighted by Crippen LogP contribution is -2.43. The van der Waals surface area contributed by atoms with Crippen LogP contribution in [0, 0.1) is 0 Å². The maximum absolute atomic E-state index is 15.0.